The minimum atomic E-state index is -1.83. The molecule has 0 radical (unpaired) electrons. The Morgan fingerprint density at radius 1 is 1.25 bits per heavy atom. The summed E-state index contributed by atoms with van der Waals surface area (Å²) in [4.78, 5) is 43.5. The largest absolute Gasteiger partial charge is 0.465 e. The molecule has 1 aromatic heterocycles. The molecular formula is C26H29N3O7. The molecule has 2 atom stereocenters. The lowest BCUT2D eigenvalue weighted by Crippen LogP contribution is -2.53. The normalized spacial score (nSPS) is 22.6. The van der Waals surface area contributed by atoms with Crippen molar-refractivity contribution in [1.29, 1.82) is 0 Å². The number of rotatable bonds is 6. The van der Waals surface area contributed by atoms with E-state index in [9.17, 15) is 14.4 Å². The smallest absolute Gasteiger partial charge is 0.340 e. The predicted octanol–water partition coefficient (Wildman–Crippen LogP) is 1.35. The minimum absolute atomic E-state index is 0.0334. The summed E-state index contributed by atoms with van der Waals surface area (Å²) in [5.74, 6) is -1.45. The van der Waals surface area contributed by atoms with Crippen LogP contribution in [0.4, 0.5) is 5.69 Å². The molecule has 2 aromatic rings. The highest BCUT2D eigenvalue weighted by Gasteiger charge is 2.62. The van der Waals surface area contributed by atoms with E-state index in [1.807, 2.05) is 6.07 Å². The van der Waals surface area contributed by atoms with Crippen LogP contribution in [-0.4, -0.2) is 56.5 Å². The molecule has 10 heteroatoms. The van der Waals surface area contributed by atoms with Crippen molar-refractivity contribution in [1.82, 2.24) is 4.57 Å². The zero-order valence-corrected chi connectivity index (χ0v) is 20.5. The first-order valence-electron chi connectivity index (χ1n) is 11.9. The fraction of sp³-hybridized carbons (Fsp3) is 0.423. The molecule has 3 aliphatic heterocycles. The van der Waals surface area contributed by atoms with Crippen LogP contribution in [0.25, 0.3) is 0 Å². The fourth-order valence-corrected chi connectivity index (χ4v) is 5.57. The van der Waals surface area contributed by atoms with Gasteiger partial charge in [0.2, 0.25) is 11.8 Å². The van der Waals surface area contributed by atoms with E-state index in [4.69, 9.17) is 24.7 Å². The molecule has 3 aliphatic rings. The molecule has 4 heterocycles. The molecule has 5 rings (SSSR count). The number of pyridine rings is 1. The molecule has 0 aliphatic carbocycles. The quantitative estimate of drug-likeness (QED) is 0.596. The number of carbonyl (C=O) groups excluding carboxylic acids is 2. The van der Waals surface area contributed by atoms with Gasteiger partial charge in [0, 0.05) is 43.3 Å². The minimum Gasteiger partial charge on any atom is -0.465 e. The summed E-state index contributed by atoms with van der Waals surface area (Å²) in [7, 11) is 2.75. The van der Waals surface area contributed by atoms with E-state index >= 15 is 0 Å². The molecule has 2 unspecified atom stereocenters. The summed E-state index contributed by atoms with van der Waals surface area (Å²) in [6.45, 7) is 3.21. The van der Waals surface area contributed by atoms with Crippen LogP contribution in [-0.2, 0) is 35.8 Å². The van der Waals surface area contributed by atoms with Crippen molar-refractivity contribution in [3.63, 3.8) is 0 Å². The molecule has 0 saturated carbocycles. The number of carbonyl (C=O) groups is 2. The topological polar surface area (TPSA) is 122 Å². The van der Waals surface area contributed by atoms with Crippen LogP contribution < -0.4 is 20.9 Å². The third-order valence-electron chi connectivity index (χ3n) is 7.17. The molecule has 190 valence electrons. The lowest BCUT2D eigenvalue weighted by molar-refractivity contribution is -0.138. The van der Waals surface area contributed by atoms with E-state index in [-0.39, 0.29) is 48.6 Å². The average molecular weight is 496 g/mol. The number of amides is 1. The van der Waals surface area contributed by atoms with E-state index in [1.165, 1.54) is 11.7 Å². The van der Waals surface area contributed by atoms with Crippen LogP contribution in [0.15, 0.2) is 46.6 Å². The van der Waals surface area contributed by atoms with E-state index in [0.29, 0.717) is 23.6 Å². The van der Waals surface area contributed by atoms with Gasteiger partial charge in [0.05, 0.1) is 31.9 Å². The van der Waals surface area contributed by atoms with Crippen molar-refractivity contribution in [3.8, 4) is 5.75 Å². The second-order valence-electron chi connectivity index (χ2n) is 9.13. The fourth-order valence-electron chi connectivity index (χ4n) is 5.57. The van der Waals surface area contributed by atoms with Gasteiger partial charge in [-0.15, -0.1) is 0 Å². The second-order valence-corrected chi connectivity index (χ2v) is 9.13. The molecule has 1 fully saturated rings. The van der Waals surface area contributed by atoms with Crippen molar-refractivity contribution in [2.75, 3.05) is 38.9 Å². The lowest BCUT2D eigenvalue weighted by Gasteiger charge is -2.36. The highest BCUT2D eigenvalue weighted by molar-refractivity contribution is 6.18. The number of para-hydroxylation sites is 1. The number of anilines is 1. The highest BCUT2D eigenvalue weighted by atomic mass is 16.5. The first-order valence-corrected chi connectivity index (χ1v) is 11.9. The summed E-state index contributed by atoms with van der Waals surface area (Å²) in [6, 6.07) is 8.78. The number of ether oxygens (including phenoxy) is 4. The number of methoxy groups -OCH3 is 2. The number of aromatic nitrogens is 1. The molecule has 36 heavy (non-hydrogen) atoms. The third kappa shape index (κ3) is 3.35. The first kappa shape index (κ1) is 24.1. The van der Waals surface area contributed by atoms with Gasteiger partial charge in [-0.25, -0.2) is 4.79 Å². The number of fused-ring (bicyclic) bond motifs is 4. The Labute approximate surface area is 208 Å². The Bertz CT molecular complexity index is 1330. The van der Waals surface area contributed by atoms with Crippen molar-refractivity contribution in [3.05, 3.63) is 69.0 Å². The van der Waals surface area contributed by atoms with Crippen LogP contribution in [0, 0.1) is 6.92 Å². The Kier molecular flexibility index (Phi) is 6.09. The summed E-state index contributed by atoms with van der Waals surface area (Å²) < 4.78 is 23.4. The van der Waals surface area contributed by atoms with Gasteiger partial charge < -0.3 is 34.1 Å². The monoisotopic (exact) mass is 495 g/mol. The van der Waals surface area contributed by atoms with Crippen molar-refractivity contribution < 1.29 is 28.5 Å². The van der Waals surface area contributed by atoms with Crippen LogP contribution in [0.1, 0.15) is 29.7 Å². The number of nitrogens with two attached hydrogens (primary N) is 1. The molecule has 1 saturated heterocycles. The van der Waals surface area contributed by atoms with Gasteiger partial charge in [0.1, 0.15) is 16.7 Å². The van der Waals surface area contributed by atoms with Gasteiger partial charge >= 0.3 is 5.97 Å². The number of benzene rings is 1. The van der Waals surface area contributed by atoms with E-state index in [0.717, 1.165) is 12.8 Å². The molecule has 1 aromatic carbocycles. The van der Waals surface area contributed by atoms with Crippen molar-refractivity contribution in [2.24, 2.45) is 5.73 Å². The SMILES string of the molecule is COCCn1c(C)cc2c(c1=O)C1(C(=O)N(CC3CCCO3)c3ccccc31)C(C(=O)OC)=C(N)O2. The van der Waals surface area contributed by atoms with Gasteiger partial charge in [-0.3, -0.25) is 9.59 Å². The van der Waals surface area contributed by atoms with Crippen molar-refractivity contribution >= 4 is 17.6 Å². The van der Waals surface area contributed by atoms with E-state index in [2.05, 4.69) is 0 Å². The maximum Gasteiger partial charge on any atom is 0.340 e. The summed E-state index contributed by atoms with van der Waals surface area (Å²) >= 11 is 0. The maximum atomic E-state index is 14.6. The number of hydrogen-bond donors (Lipinski definition) is 1. The summed E-state index contributed by atoms with van der Waals surface area (Å²) in [5, 5.41) is 0. The van der Waals surface area contributed by atoms with Crippen molar-refractivity contribution in [2.45, 2.75) is 37.8 Å². The Morgan fingerprint density at radius 2 is 2.03 bits per heavy atom. The molecule has 0 bridgehead atoms. The lowest BCUT2D eigenvalue weighted by atomic mass is 9.68. The van der Waals surface area contributed by atoms with Gasteiger partial charge in [0.25, 0.3) is 5.56 Å². The number of hydrogen-bond acceptors (Lipinski definition) is 8. The zero-order chi connectivity index (χ0) is 25.6. The van der Waals surface area contributed by atoms with Gasteiger partial charge in [-0.2, -0.15) is 0 Å². The molecule has 10 nitrogen and oxygen atoms in total. The standard InChI is InChI=1S/C26H29N3O7/c1-15-13-19-20(23(30)28(15)10-12-33-2)26(21(22(27)36-19)24(31)34-3)17-8-4-5-9-18(17)29(25(26)32)14-16-7-6-11-35-16/h4-5,8-9,13,16H,6-7,10-12,14,27H2,1-3H3. The molecule has 1 amide bonds. The molecular weight excluding hydrogens is 466 g/mol. The Hall–Kier alpha value is -3.63. The average Bonchev–Trinajstić information content (AvgIpc) is 3.46. The summed E-state index contributed by atoms with van der Waals surface area (Å²) in [6.07, 6.45) is 1.55. The van der Waals surface area contributed by atoms with Gasteiger partial charge in [-0.05, 0) is 25.8 Å². The van der Waals surface area contributed by atoms with Crippen LogP contribution >= 0.6 is 0 Å². The number of esters is 1. The second kappa shape index (κ2) is 9.11. The first-order chi connectivity index (χ1) is 17.4. The zero-order valence-electron chi connectivity index (χ0n) is 20.5. The maximum absolute atomic E-state index is 14.6. The van der Waals surface area contributed by atoms with Crippen LogP contribution in [0.3, 0.4) is 0 Å². The summed E-state index contributed by atoms with van der Waals surface area (Å²) in [5.41, 5.74) is 5.50. The van der Waals surface area contributed by atoms with Gasteiger partial charge in [-0.1, -0.05) is 18.2 Å². The van der Waals surface area contributed by atoms with E-state index in [1.54, 1.807) is 43.2 Å². The Morgan fingerprint density at radius 3 is 2.72 bits per heavy atom. The number of nitrogens with zero attached hydrogens (tertiary/aromatic N) is 2. The molecule has 1 spiro atoms. The van der Waals surface area contributed by atoms with E-state index < -0.39 is 22.9 Å². The van der Waals surface area contributed by atoms with Gasteiger partial charge in [0.15, 0.2) is 0 Å². The number of aryl methyl sites for hydroxylation is 1. The molecule has 2 N–H and O–H groups in total. The van der Waals surface area contributed by atoms with Crippen LogP contribution in [0.2, 0.25) is 0 Å². The Balaban J connectivity index is 1.83. The predicted molar refractivity (Wildman–Crippen MR) is 130 cm³/mol. The highest BCUT2D eigenvalue weighted by Crippen LogP contribution is 2.54. The third-order valence-corrected chi connectivity index (χ3v) is 7.17. The van der Waals surface area contributed by atoms with Crippen LogP contribution in [0.5, 0.6) is 5.75 Å².